The fourth-order valence-electron chi connectivity index (χ4n) is 2.93. The molecule has 0 spiro atoms. The van der Waals surface area contributed by atoms with E-state index >= 15 is 0 Å². The average Bonchev–Trinajstić information content (AvgIpc) is 3.10. The van der Waals surface area contributed by atoms with Crippen LogP contribution in [0.3, 0.4) is 0 Å². The lowest BCUT2D eigenvalue weighted by Crippen LogP contribution is -2.49. The molecule has 0 bridgehead atoms. The third kappa shape index (κ3) is 3.43. The van der Waals surface area contributed by atoms with E-state index in [1.807, 2.05) is 17.2 Å². The normalized spacial score (nSPS) is 17.2. The van der Waals surface area contributed by atoms with E-state index in [1.165, 1.54) is 11.8 Å². The van der Waals surface area contributed by atoms with Crippen LogP contribution in [-0.4, -0.2) is 46.9 Å². The van der Waals surface area contributed by atoms with E-state index in [1.54, 1.807) is 12.3 Å². The van der Waals surface area contributed by atoms with Crippen molar-refractivity contribution in [2.24, 2.45) is 5.73 Å². The van der Waals surface area contributed by atoms with Crippen LogP contribution in [0.2, 0.25) is 0 Å². The van der Waals surface area contributed by atoms with Crippen LogP contribution in [0.5, 0.6) is 0 Å². The second kappa shape index (κ2) is 6.93. The second-order valence-electron chi connectivity index (χ2n) is 5.80. The number of carbonyl (C=O) groups is 1. The minimum absolute atomic E-state index is 0.0159. The molecule has 1 saturated heterocycles. The van der Waals surface area contributed by atoms with Crippen molar-refractivity contribution in [3.05, 3.63) is 53.7 Å². The quantitative estimate of drug-likeness (QED) is 0.929. The van der Waals surface area contributed by atoms with Gasteiger partial charge in [0.1, 0.15) is 12.0 Å². The molecule has 3 rings (SSSR count). The van der Waals surface area contributed by atoms with Gasteiger partial charge in [0.05, 0.1) is 12.1 Å². The standard InChI is InChI=1S/C17H22N4O2/c1-13(14-3-2-4-19-11-14)20-5-7-21(8-6-20)17(22)15-9-16(10-18)23-12-15/h2-4,9,11-13H,5-8,10,18H2,1H3. The van der Waals surface area contributed by atoms with Gasteiger partial charge in [0.2, 0.25) is 0 Å². The maximum absolute atomic E-state index is 12.5. The molecule has 6 nitrogen and oxygen atoms in total. The highest BCUT2D eigenvalue weighted by molar-refractivity contribution is 5.94. The molecule has 1 atom stereocenters. The molecule has 1 fully saturated rings. The van der Waals surface area contributed by atoms with E-state index in [4.69, 9.17) is 10.2 Å². The molecule has 23 heavy (non-hydrogen) atoms. The minimum atomic E-state index is 0.0159. The van der Waals surface area contributed by atoms with Crippen LogP contribution in [0, 0.1) is 0 Å². The molecule has 3 heterocycles. The molecule has 1 amide bonds. The predicted octanol–water partition coefficient (Wildman–Crippen LogP) is 1.65. The molecular formula is C17H22N4O2. The molecule has 2 N–H and O–H groups in total. The Morgan fingerprint density at radius 2 is 2.17 bits per heavy atom. The molecule has 1 aliphatic heterocycles. The number of aromatic nitrogens is 1. The lowest BCUT2D eigenvalue weighted by molar-refractivity contribution is 0.0581. The van der Waals surface area contributed by atoms with Gasteiger partial charge in [-0.25, -0.2) is 0 Å². The molecule has 2 aromatic heterocycles. The molecule has 0 saturated carbocycles. The van der Waals surface area contributed by atoms with Gasteiger partial charge in [-0.05, 0) is 24.6 Å². The van der Waals surface area contributed by atoms with Crippen molar-refractivity contribution in [3.63, 3.8) is 0 Å². The van der Waals surface area contributed by atoms with E-state index in [2.05, 4.69) is 22.9 Å². The largest absolute Gasteiger partial charge is 0.467 e. The highest BCUT2D eigenvalue weighted by Crippen LogP contribution is 2.21. The number of furan rings is 1. The summed E-state index contributed by atoms with van der Waals surface area (Å²) >= 11 is 0. The number of nitrogens with two attached hydrogens (primary N) is 1. The topological polar surface area (TPSA) is 75.6 Å². The van der Waals surface area contributed by atoms with Crippen LogP contribution in [0.15, 0.2) is 41.3 Å². The third-order valence-electron chi connectivity index (χ3n) is 4.42. The van der Waals surface area contributed by atoms with Crippen LogP contribution < -0.4 is 5.73 Å². The highest BCUT2D eigenvalue weighted by Gasteiger charge is 2.26. The van der Waals surface area contributed by atoms with Gasteiger partial charge in [-0.1, -0.05) is 6.07 Å². The summed E-state index contributed by atoms with van der Waals surface area (Å²) in [6.45, 7) is 5.62. The number of carbonyl (C=O) groups excluding carboxylic acids is 1. The Morgan fingerprint density at radius 1 is 1.39 bits per heavy atom. The first-order chi connectivity index (χ1) is 11.2. The Morgan fingerprint density at radius 3 is 2.78 bits per heavy atom. The molecule has 6 heteroatoms. The summed E-state index contributed by atoms with van der Waals surface area (Å²) < 4.78 is 5.25. The Labute approximate surface area is 135 Å². The maximum atomic E-state index is 12.5. The van der Waals surface area contributed by atoms with Gasteiger partial charge in [-0.3, -0.25) is 14.7 Å². The number of nitrogens with zero attached hydrogens (tertiary/aromatic N) is 3. The average molecular weight is 314 g/mol. The molecular weight excluding hydrogens is 292 g/mol. The van der Waals surface area contributed by atoms with Crippen LogP contribution in [0.25, 0.3) is 0 Å². The number of hydrogen-bond acceptors (Lipinski definition) is 5. The molecule has 122 valence electrons. The lowest BCUT2D eigenvalue weighted by atomic mass is 10.1. The summed E-state index contributed by atoms with van der Waals surface area (Å²) in [6, 6.07) is 6.08. The summed E-state index contributed by atoms with van der Waals surface area (Å²) in [5.74, 6) is 0.652. The van der Waals surface area contributed by atoms with Gasteiger partial charge < -0.3 is 15.1 Å². The van der Waals surface area contributed by atoms with E-state index in [-0.39, 0.29) is 5.91 Å². The number of pyridine rings is 1. The summed E-state index contributed by atoms with van der Waals surface area (Å²) in [5, 5.41) is 0. The fraction of sp³-hybridized carbons (Fsp3) is 0.412. The maximum Gasteiger partial charge on any atom is 0.257 e. The Bertz CT molecular complexity index is 648. The van der Waals surface area contributed by atoms with Crippen molar-refractivity contribution in [3.8, 4) is 0 Å². The molecule has 2 aromatic rings. The van der Waals surface area contributed by atoms with Crippen LogP contribution in [0.4, 0.5) is 0 Å². The van der Waals surface area contributed by atoms with Crippen molar-refractivity contribution >= 4 is 5.91 Å². The first-order valence-corrected chi connectivity index (χ1v) is 7.89. The van der Waals surface area contributed by atoms with Crippen molar-refractivity contribution in [1.29, 1.82) is 0 Å². The van der Waals surface area contributed by atoms with E-state index in [9.17, 15) is 4.79 Å². The molecule has 0 aromatic carbocycles. The lowest BCUT2D eigenvalue weighted by Gasteiger charge is -2.38. The van der Waals surface area contributed by atoms with Gasteiger partial charge >= 0.3 is 0 Å². The first kappa shape index (κ1) is 15.7. The zero-order valence-electron chi connectivity index (χ0n) is 13.3. The summed E-state index contributed by atoms with van der Waals surface area (Å²) in [7, 11) is 0. The zero-order chi connectivity index (χ0) is 16.2. The smallest absolute Gasteiger partial charge is 0.257 e. The van der Waals surface area contributed by atoms with Crippen molar-refractivity contribution < 1.29 is 9.21 Å². The molecule has 0 radical (unpaired) electrons. The van der Waals surface area contributed by atoms with E-state index < -0.39 is 0 Å². The molecule has 1 unspecified atom stereocenters. The number of piperazine rings is 1. The van der Waals surface area contributed by atoms with Gasteiger partial charge in [0, 0.05) is 44.6 Å². The SMILES string of the molecule is CC(c1cccnc1)N1CCN(C(=O)c2coc(CN)c2)CC1. The fourth-order valence-corrected chi connectivity index (χ4v) is 2.93. The number of hydrogen-bond donors (Lipinski definition) is 1. The van der Waals surface area contributed by atoms with Crippen LogP contribution in [0.1, 0.15) is 34.6 Å². The van der Waals surface area contributed by atoms with Gasteiger partial charge in [-0.2, -0.15) is 0 Å². The summed E-state index contributed by atoms with van der Waals surface area (Å²) in [5.41, 5.74) is 7.30. The van der Waals surface area contributed by atoms with Crippen LogP contribution in [-0.2, 0) is 6.54 Å². The second-order valence-corrected chi connectivity index (χ2v) is 5.80. The first-order valence-electron chi connectivity index (χ1n) is 7.89. The highest BCUT2D eigenvalue weighted by atomic mass is 16.3. The zero-order valence-corrected chi connectivity index (χ0v) is 13.3. The van der Waals surface area contributed by atoms with E-state index in [0.717, 1.165) is 13.1 Å². The van der Waals surface area contributed by atoms with Crippen molar-refractivity contribution in [1.82, 2.24) is 14.8 Å². The Balaban J connectivity index is 1.59. The van der Waals surface area contributed by atoms with E-state index in [0.29, 0.717) is 37.0 Å². The predicted molar refractivity (Wildman–Crippen MR) is 86.7 cm³/mol. The summed E-state index contributed by atoms with van der Waals surface area (Å²) in [4.78, 5) is 20.9. The monoisotopic (exact) mass is 314 g/mol. The van der Waals surface area contributed by atoms with Crippen molar-refractivity contribution in [2.75, 3.05) is 26.2 Å². The summed E-state index contributed by atoms with van der Waals surface area (Å²) in [6.07, 6.45) is 5.19. The Kier molecular flexibility index (Phi) is 4.73. The van der Waals surface area contributed by atoms with Gasteiger partial charge in [-0.15, -0.1) is 0 Å². The minimum Gasteiger partial charge on any atom is -0.467 e. The van der Waals surface area contributed by atoms with Gasteiger partial charge in [0.25, 0.3) is 5.91 Å². The van der Waals surface area contributed by atoms with Gasteiger partial charge in [0.15, 0.2) is 0 Å². The Hall–Kier alpha value is -2.18. The number of rotatable bonds is 4. The van der Waals surface area contributed by atoms with Crippen molar-refractivity contribution in [2.45, 2.75) is 19.5 Å². The third-order valence-corrected chi connectivity index (χ3v) is 4.42. The molecule has 0 aliphatic carbocycles. The number of amides is 1. The van der Waals surface area contributed by atoms with Crippen LogP contribution >= 0.6 is 0 Å². The molecule has 1 aliphatic rings.